The van der Waals surface area contributed by atoms with Gasteiger partial charge < -0.3 is 26.4 Å². The standard InChI is InChI=1S/C26H43N7O11/c1-15(35)27-19(9-6-12-32(43)17(3)37)23(39)30-22(14-34)25(41)28-20-8-5-11-31(16(2)36)26(42)21(29-24(20)40)10-7-13-33(44)18(4)38/h19-22,34,43-44H,5-14H2,1-4H3,(H,27,35)(H,28,41)(H,29,40)(H,30,39)/t19-,20+,21+,22-/m1/s1. The summed E-state index contributed by atoms with van der Waals surface area (Å²) in [6, 6.07) is -5.16. The lowest BCUT2D eigenvalue weighted by atomic mass is 10.1. The number of hydrogen-bond acceptors (Lipinski definition) is 11. The van der Waals surface area contributed by atoms with Gasteiger partial charge in [-0.1, -0.05) is 0 Å². The molecule has 44 heavy (non-hydrogen) atoms. The van der Waals surface area contributed by atoms with Crippen molar-refractivity contribution in [1.82, 2.24) is 36.3 Å². The molecule has 1 aliphatic heterocycles. The lowest BCUT2D eigenvalue weighted by Gasteiger charge is -2.26. The molecule has 0 aliphatic carbocycles. The van der Waals surface area contributed by atoms with Gasteiger partial charge in [0.05, 0.1) is 6.61 Å². The Morgan fingerprint density at radius 3 is 2.02 bits per heavy atom. The number of nitrogens with one attached hydrogen (secondary N) is 4. The van der Waals surface area contributed by atoms with E-state index in [2.05, 4.69) is 21.3 Å². The minimum absolute atomic E-state index is 0.00940. The van der Waals surface area contributed by atoms with Gasteiger partial charge in [0.15, 0.2) is 0 Å². The molecule has 1 rings (SSSR count). The molecule has 18 nitrogen and oxygen atoms in total. The van der Waals surface area contributed by atoms with Gasteiger partial charge >= 0.3 is 0 Å². The Hall–Kier alpha value is -4.16. The molecular formula is C26H43N7O11. The Morgan fingerprint density at radius 1 is 0.909 bits per heavy atom. The highest BCUT2D eigenvalue weighted by Crippen LogP contribution is 2.12. The van der Waals surface area contributed by atoms with E-state index in [4.69, 9.17) is 0 Å². The van der Waals surface area contributed by atoms with Gasteiger partial charge in [-0.25, -0.2) is 10.1 Å². The average Bonchev–Trinajstić information content (AvgIpc) is 2.99. The number of carbonyl (C=O) groups is 8. The number of rotatable bonds is 14. The predicted octanol–water partition coefficient (Wildman–Crippen LogP) is -2.86. The molecule has 1 aliphatic rings. The van der Waals surface area contributed by atoms with Crippen LogP contribution in [-0.2, 0) is 38.4 Å². The highest BCUT2D eigenvalue weighted by molar-refractivity contribution is 6.00. The Bertz CT molecular complexity index is 1090. The first kappa shape index (κ1) is 37.9. The van der Waals surface area contributed by atoms with Gasteiger partial charge in [0.2, 0.25) is 41.4 Å². The van der Waals surface area contributed by atoms with Crippen LogP contribution < -0.4 is 21.3 Å². The van der Waals surface area contributed by atoms with E-state index in [9.17, 15) is 53.9 Å². The Balaban J connectivity index is 2.99. The quantitative estimate of drug-likeness (QED) is 0.0760. The van der Waals surface area contributed by atoms with Crippen molar-refractivity contribution in [2.24, 2.45) is 0 Å². The molecule has 248 valence electrons. The van der Waals surface area contributed by atoms with Crippen molar-refractivity contribution < 1.29 is 53.9 Å². The maximum atomic E-state index is 13.1. The molecule has 1 heterocycles. The van der Waals surface area contributed by atoms with Crippen LogP contribution in [0.1, 0.15) is 66.2 Å². The van der Waals surface area contributed by atoms with E-state index in [1.165, 1.54) is 6.92 Å². The van der Waals surface area contributed by atoms with Gasteiger partial charge in [-0.05, 0) is 38.5 Å². The second-order valence-corrected chi connectivity index (χ2v) is 10.3. The zero-order chi connectivity index (χ0) is 33.6. The number of hydrogen-bond donors (Lipinski definition) is 7. The smallest absolute Gasteiger partial charge is 0.251 e. The van der Waals surface area contributed by atoms with Gasteiger partial charge in [-0.2, -0.15) is 0 Å². The number of hydroxylamine groups is 4. The summed E-state index contributed by atoms with van der Waals surface area (Å²) in [5.74, 6) is -5.62. The van der Waals surface area contributed by atoms with Crippen molar-refractivity contribution in [3.8, 4) is 0 Å². The largest absolute Gasteiger partial charge is 0.394 e. The van der Waals surface area contributed by atoms with E-state index in [1.807, 2.05) is 0 Å². The molecule has 1 fully saturated rings. The first-order chi connectivity index (χ1) is 20.6. The van der Waals surface area contributed by atoms with Crippen molar-refractivity contribution in [3.05, 3.63) is 0 Å². The Kier molecular flexibility index (Phi) is 15.9. The van der Waals surface area contributed by atoms with Gasteiger partial charge in [0.25, 0.3) is 5.91 Å². The van der Waals surface area contributed by atoms with E-state index >= 15 is 0 Å². The molecule has 7 N–H and O–H groups in total. The van der Waals surface area contributed by atoms with E-state index in [0.717, 1.165) is 25.7 Å². The number of carbonyl (C=O) groups excluding carboxylic acids is 8. The van der Waals surface area contributed by atoms with Crippen molar-refractivity contribution in [1.29, 1.82) is 0 Å². The zero-order valence-corrected chi connectivity index (χ0v) is 25.3. The van der Waals surface area contributed by atoms with Crippen molar-refractivity contribution in [2.45, 2.75) is 90.4 Å². The summed E-state index contributed by atoms with van der Waals surface area (Å²) in [6.45, 7) is 3.43. The molecule has 0 radical (unpaired) electrons. The molecule has 0 unspecified atom stereocenters. The Labute approximate surface area is 254 Å². The van der Waals surface area contributed by atoms with Crippen LogP contribution in [0.2, 0.25) is 0 Å². The van der Waals surface area contributed by atoms with E-state index in [0.29, 0.717) is 10.1 Å². The summed E-state index contributed by atoms with van der Waals surface area (Å²) in [6.07, 6.45) is 0.255. The minimum Gasteiger partial charge on any atom is -0.394 e. The molecule has 4 atom stereocenters. The lowest BCUT2D eigenvalue weighted by Crippen LogP contribution is -2.58. The molecule has 0 aromatic heterocycles. The molecule has 0 bridgehead atoms. The predicted molar refractivity (Wildman–Crippen MR) is 149 cm³/mol. The van der Waals surface area contributed by atoms with Crippen LogP contribution in [0.5, 0.6) is 0 Å². The van der Waals surface area contributed by atoms with Crippen LogP contribution in [0, 0.1) is 0 Å². The molecule has 8 amide bonds. The average molecular weight is 630 g/mol. The molecule has 0 saturated carbocycles. The van der Waals surface area contributed by atoms with E-state index < -0.39 is 78.0 Å². The topological polar surface area (TPSA) is 255 Å². The summed E-state index contributed by atoms with van der Waals surface area (Å²) in [4.78, 5) is 99.3. The number of nitrogens with zero attached hydrogens (tertiary/aromatic N) is 3. The molecule has 0 aromatic carbocycles. The van der Waals surface area contributed by atoms with E-state index in [-0.39, 0.29) is 58.2 Å². The van der Waals surface area contributed by atoms with Gasteiger partial charge in [-0.15, -0.1) is 0 Å². The number of aliphatic hydroxyl groups is 1. The minimum atomic E-state index is -1.54. The fraction of sp³-hybridized carbons (Fsp3) is 0.692. The summed E-state index contributed by atoms with van der Waals surface area (Å²) < 4.78 is 0. The molecule has 0 spiro atoms. The SMILES string of the molecule is CC(=O)N[C@H](CCCN(O)C(C)=O)C(=O)N[C@H](CO)C(=O)N[C@H]1CCCN(C(C)=O)C(=O)[C@H](CCCN(O)C(C)=O)NC1=O. The first-order valence-electron chi connectivity index (χ1n) is 14.1. The summed E-state index contributed by atoms with van der Waals surface area (Å²) in [7, 11) is 0. The molecule has 18 heteroatoms. The maximum Gasteiger partial charge on any atom is 0.251 e. The summed E-state index contributed by atoms with van der Waals surface area (Å²) in [5, 5.41) is 39.5. The van der Waals surface area contributed by atoms with Crippen LogP contribution in [0.3, 0.4) is 0 Å². The Morgan fingerprint density at radius 2 is 1.50 bits per heavy atom. The van der Waals surface area contributed by atoms with Crippen LogP contribution in [0.25, 0.3) is 0 Å². The zero-order valence-electron chi connectivity index (χ0n) is 25.3. The highest BCUT2D eigenvalue weighted by atomic mass is 16.5. The van der Waals surface area contributed by atoms with Gasteiger partial charge in [0, 0.05) is 47.3 Å². The second-order valence-electron chi connectivity index (χ2n) is 10.3. The second kappa shape index (κ2) is 18.5. The van der Waals surface area contributed by atoms with Gasteiger partial charge in [0.1, 0.15) is 24.2 Å². The van der Waals surface area contributed by atoms with Crippen LogP contribution >= 0.6 is 0 Å². The number of aliphatic hydroxyl groups excluding tert-OH is 1. The normalized spacial score (nSPS) is 18.4. The maximum absolute atomic E-state index is 13.1. The first-order valence-corrected chi connectivity index (χ1v) is 14.1. The van der Waals surface area contributed by atoms with E-state index in [1.54, 1.807) is 0 Å². The van der Waals surface area contributed by atoms with Crippen molar-refractivity contribution >= 4 is 47.3 Å². The van der Waals surface area contributed by atoms with Crippen molar-refractivity contribution in [3.63, 3.8) is 0 Å². The number of amides is 8. The summed E-state index contributed by atoms with van der Waals surface area (Å²) in [5.41, 5.74) is 0. The molecule has 1 saturated heterocycles. The third-order valence-corrected chi connectivity index (χ3v) is 6.73. The van der Waals surface area contributed by atoms with Crippen LogP contribution in [-0.4, -0.2) is 128 Å². The third-order valence-electron chi connectivity index (χ3n) is 6.73. The third kappa shape index (κ3) is 12.6. The fourth-order valence-corrected chi connectivity index (χ4v) is 4.32. The fourth-order valence-electron chi connectivity index (χ4n) is 4.32. The highest BCUT2D eigenvalue weighted by Gasteiger charge is 2.34. The van der Waals surface area contributed by atoms with Gasteiger partial charge in [-0.3, -0.25) is 53.7 Å². The number of imide groups is 1. The molecule has 0 aromatic rings. The lowest BCUT2D eigenvalue weighted by molar-refractivity contribution is -0.163. The monoisotopic (exact) mass is 629 g/mol. The molecular weight excluding hydrogens is 586 g/mol. The van der Waals surface area contributed by atoms with Crippen LogP contribution in [0.15, 0.2) is 0 Å². The van der Waals surface area contributed by atoms with Crippen LogP contribution in [0.4, 0.5) is 0 Å². The summed E-state index contributed by atoms with van der Waals surface area (Å²) >= 11 is 0. The van der Waals surface area contributed by atoms with Crippen molar-refractivity contribution in [2.75, 3.05) is 26.2 Å².